The summed E-state index contributed by atoms with van der Waals surface area (Å²) in [6, 6.07) is 28.2. The van der Waals surface area contributed by atoms with E-state index in [9.17, 15) is 0 Å². The lowest BCUT2D eigenvalue weighted by Crippen LogP contribution is -1.97. The fraction of sp³-hybridized carbons (Fsp3) is 0. The Morgan fingerprint density at radius 3 is 2.38 bits per heavy atom. The molecule has 0 unspecified atom stereocenters. The Balaban J connectivity index is 1.49. The number of nitrogens with zero attached hydrogens (tertiary/aromatic N) is 4. The second-order valence-corrected chi connectivity index (χ2v) is 8.33. The second kappa shape index (κ2) is 7.66. The summed E-state index contributed by atoms with van der Waals surface area (Å²) in [5, 5.41) is 6.62. The van der Waals surface area contributed by atoms with Crippen molar-refractivity contribution in [1.82, 2.24) is 19.3 Å². The van der Waals surface area contributed by atoms with Gasteiger partial charge < -0.3 is 4.74 Å². The molecule has 154 valence electrons. The molecule has 6 heteroatoms. The summed E-state index contributed by atoms with van der Waals surface area (Å²) in [7, 11) is 0. The molecule has 3 aromatic carbocycles. The fourth-order valence-electron chi connectivity index (χ4n) is 4.01. The van der Waals surface area contributed by atoms with Crippen LogP contribution in [0.3, 0.4) is 0 Å². The molecule has 0 spiro atoms. The highest BCUT2D eigenvalue weighted by molar-refractivity contribution is 9.10. The van der Waals surface area contributed by atoms with Gasteiger partial charge in [0.2, 0.25) is 0 Å². The Labute approximate surface area is 192 Å². The third kappa shape index (κ3) is 3.25. The molecule has 0 fully saturated rings. The molecule has 0 saturated carbocycles. The lowest BCUT2D eigenvalue weighted by atomic mass is 10.1. The zero-order chi connectivity index (χ0) is 21.5. The first-order valence-electron chi connectivity index (χ1n) is 10.2. The molecule has 6 aromatic rings. The van der Waals surface area contributed by atoms with Crippen molar-refractivity contribution in [2.75, 3.05) is 0 Å². The third-order valence-electron chi connectivity index (χ3n) is 5.40. The summed E-state index contributed by atoms with van der Waals surface area (Å²) in [5.41, 5.74) is 3.07. The molecular weight excluding hydrogens is 464 g/mol. The molecule has 0 atom stereocenters. The van der Waals surface area contributed by atoms with Crippen LogP contribution in [-0.4, -0.2) is 19.3 Å². The molecule has 0 saturated heterocycles. The van der Waals surface area contributed by atoms with Gasteiger partial charge in [-0.15, -0.1) is 0 Å². The Morgan fingerprint density at radius 2 is 1.56 bits per heavy atom. The van der Waals surface area contributed by atoms with Crippen molar-refractivity contribution in [3.05, 3.63) is 108 Å². The number of ether oxygens (including phenoxy) is 1. The summed E-state index contributed by atoms with van der Waals surface area (Å²) >= 11 is 3.61. The fourth-order valence-corrected chi connectivity index (χ4v) is 4.36. The van der Waals surface area contributed by atoms with E-state index in [-0.39, 0.29) is 0 Å². The van der Waals surface area contributed by atoms with Gasteiger partial charge in [-0.1, -0.05) is 34.1 Å². The summed E-state index contributed by atoms with van der Waals surface area (Å²) < 4.78 is 11.3. The molecule has 3 aromatic heterocycles. The molecule has 0 aliphatic heterocycles. The van der Waals surface area contributed by atoms with Gasteiger partial charge in [-0.3, -0.25) is 4.57 Å². The van der Waals surface area contributed by atoms with Gasteiger partial charge in [-0.25, -0.2) is 9.67 Å². The molecule has 0 aliphatic carbocycles. The minimum atomic E-state index is 0.751. The van der Waals surface area contributed by atoms with Crippen LogP contribution >= 0.6 is 15.9 Å². The third-order valence-corrected chi connectivity index (χ3v) is 5.89. The average molecular weight is 481 g/mol. The predicted molar refractivity (Wildman–Crippen MR) is 130 cm³/mol. The number of hydrogen-bond acceptors (Lipinski definition) is 3. The minimum absolute atomic E-state index is 0.751. The molecular formula is C26H17BrN4O. The highest BCUT2D eigenvalue weighted by Gasteiger charge is 2.14. The van der Waals surface area contributed by atoms with Gasteiger partial charge in [0.25, 0.3) is 0 Å². The Bertz CT molecular complexity index is 1560. The Morgan fingerprint density at radius 1 is 0.719 bits per heavy atom. The van der Waals surface area contributed by atoms with E-state index in [0.717, 1.165) is 43.9 Å². The summed E-state index contributed by atoms with van der Waals surface area (Å²) in [4.78, 5) is 4.60. The lowest BCUT2D eigenvalue weighted by Gasteiger charge is -2.10. The average Bonchev–Trinajstić information content (AvgIpc) is 3.46. The van der Waals surface area contributed by atoms with Crippen molar-refractivity contribution < 1.29 is 4.74 Å². The standard InChI is InChI=1S/C26H17BrN4O/c27-18-8-10-22-23-11-9-21(32-20-6-3-5-19(16-20)30-14-4-13-29-30)17-25(23)31(24(22)15-18)26-7-1-2-12-28-26/h1-17H. The van der Waals surface area contributed by atoms with Crippen molar-refractivity contribution >= 4 is 37.7 Å². The lowest BCUT2D eigenvalue weighted by molar-refractivity contribution is 0.483. The first-order valence-corrected chi connectivity index (χ1v) is 11.0. The normalized spacial score (nSPS) is 11.3. The van der Waals surface area contributed by atoms with Crippen LogP contribution in [0.5, 0.6) is 11.5 Å². The van der Waals surface area contributed by atoms with Gasteiger partial charge in [0, 0.05) is 46.0 Å². The van der Waals surface area contributed by atoms with Gasteiger partial charge in [-0.05, 0) is 54.6 Å². The second-order valence-electron chi connectivity index (χ2n) is 7.41. The predicted octanol–water partition coefficient (Wildman–Crippen LogP) is 6.92. The van der Waals surface area contributed by atoms with Crippen molar-refractivity contribution in [3.8, 4) is 23.0 Å². The van der Waals surface area contributed by atoms with Gasteiger partial charge >= 0.3 is 0 Å². The maximum atomic E-state index is 6.25. The van der Waals surface area contributed by atoms with Gasteiger partial charge in [-0.2, -0.15) is 5.10 Å². The first kappa shape index (κ1) is 18.8. The zero-order valence-corrected chi connectivity index (χ0v) is 18.5. The first-order chi connectivity index (χ1) is 15.8. The van der Waals surface area contributed by atoms with Crippen molar-refractivity contribution in [2.45, 2.75) is 0 Å². The van der Waals surface area contributed by atoms with Gasteiger partial charge in [0.1, 0.15) is 17.3 Å². The van der Waals surface area contributed by atoms with Crippen LogP contribution in [0, 0.1) is 0 Å². The molecule has 0 radical (unpaired) electrons. The van der Waals surface area contributed by atoms with E-state index in [2.05, 4.69) is 60.9 Å². The number of rotatable bonds is 4. The van der Waals surface area contributed by atoms with E-state index >= 15 is 0 Å². The monoisotopic (exact) mass is 480 g/mol. The smallest absolute Gasteiger partial charge is 0.137 e. The van der Waals surface area contributed by atoms with Crippen LogP contribution in [0.15, 0.2) is 108 Å². The molecule has 5 nitrogen and oxygen atoms in total. The van der Waals surface area contributed by atoms with E-state index in [1.54, 1.807) is 6.20 Å². The van der Waals surface area contributed by atoms with E-state index < -0.39 is 0 Å². The van der Waals surface area contributed by atoms with E-state index in [4.69, 9.17) is 4.74 Å². The van der Waals surface area contributed by atoms with Gasteiger partial charge in [0.15, 0.2) is 0 Å². The number of pyridine rings is 1. The number of aromatic nitrogens is 4. The Hall–Kier alpha value is -3.90. The van der Waals surface area contributed by atoms with E-state index in [1.165, 1.54) is 5.39 Å². The van der Waals surface area contributed by atoms with E-state index in [0.29, 0.717) is 0 Å². The summed E-state index contributed by atoms with van der Waals surface area (Å²) in [5.74, 6) is 2.37. The van der Waals surface area contributed by atoms with Crippen LogP contribution in [0.25, 0.3) is 33.3 Å². The van der Waals surface area contributed by atoms with Crippen molar-refractivity contribution in [1.29, 1.82) is 0 Å². The number of hydrogen-bond donors (Lipinski definition) is 0. The topological polar surface area (TPSA) is 44.9 Å². The van der Waals surface area contributed by atoms with E-state index in [1.807, 2.05) is 71.7 Å². The molecule has 0 aliphatic rings. The molecule has 3 heterocycles. The molecule has 32 heavy (non-hydrogen) atoms. The minimum Gasteiger partial charge on any atom is -0.457 e. The maximum absolute atomic E-state index is 6.25. The summed E-state index contributed by atoms with van der Waals surface area (Å²) in [6.45, 7) is 0. The maximum Gasteiger partial charge on any atom is 0.137 e. The largest absolute Gasteiger partial charge is 0.457 e. The molecule has 0 amide bonds. The van der Waals surface area contributed by atoms with Gasteiger partial charge in [0.05, 0.1) is 16.7 Å². The number of fused-ring (bicyclic) bond motifs is 3. The van der Waals surface area contributed by atoms with Crippen LogP contribution in [0.1, 0.15) is 0 Å². The highest BCUT2D eigenvalue weighted by atomic mass is 79.9. The SMILES string of the molecule is Brc1ccc2c3ccc(Oc4cccc(-n5cccn5)c4)cc3n(-c3ccccn3)c2c1. The highest BCUT2D eigenvalue weighted by Crippen LogP contribution is 2.36. The molecule has 0 bridgehead atoms. The van der Waals surface area contributed by atoms with Crippen LogP contribution < -0.4 is 4.74 Å². The zero-order valence-electron chi connectivity index (χ0n) is 16.9. The van der Waals surface area contributed by atoms with Crippen LogP contribution in [0.2, 0.25) is 0 Å². The quantitative estimate of drug-likeness (QED) is 0.275. The molecule has 0 N–H and O–H groups in total. The molecule has 6 rings (SSSR count). The van der Waals surface area contributed by atoms with Crippen LogP contribution in [0.4, 0.5) is 0 Å². The van der Waals surface area contributed by atoms with Crippen molar-refractivity contribution in [3.63, 3.8) is 0 Å². The van der Waals surface area contributed by atoms with Crippen LogP contribution in [-0.2, 0) is 0 Å². The summed E-state index contributed by atoms with van der Waals surface area (Å²) in [6.07, 6.45) is 5.48. The van der Waals surface area contributed by atoms with Crippen molar-refractivity contribution in [2.24, 2.45) is 0 Å². The Kier molecular flexibility index (Phi) is 4.51. The number of benzene rings is 3. The number of halogens is 1.